The minimum atomic E-state index is 0.601. The quantitative estimate of drug-likeness (QED) is 0.666. The molecular weight excluding hydrogens is 246 g/mol. The van der Waals surface area contributed by atoms with Gasteiger partial charge < -0.3 is 20.1 Å². The first-order valence-corrected chi connectivity index (χ1v) is 6.49. The Kier molecular flexibility index (Phi) is 2.73. The van der Waals surface area contributed by atoms with Crippen molar-refractivity contribution in [3.8, 4) is 6.07 Å². The Balaban J connectivity index is 2.19. The molecule has 0 saturated carbocycles. The van der Waals surface area contributed by atoms with Crippen LogP contribution in [-0.2, 0) is 13.0 Å². The SMILES string of the molecule is CN1CCc2c(C#N)c3c(n2CC1)C(=S)NCN3. The fraction of sp³-hybridized carbons (Fsp3) is 0.500. The molecule has 0 bridgehead atoms. The topological polar surface area (TPSA) is 56.0 Å². The predicted octanol–water partition coefficient (Wildman–Crippen LogP) is 0.496. The molecule has 5 nitrogen and oxygen atoms in total. The first-order chi connectivity index (χ1) is 8.72. The molecule has 0 atom stereocenters. The van der Waals surface area contributed by atoms with E-state index in [-0.39, 0.29) is 0 Å². The van der Waals surface area contributed by atoms with Gasteiger partial charge in [-0.25, -0.2) is 0 Å². The van der Waals surface area contributed by atoms with Crippen LogP contribution in [0.15, 0.2) is 0 Å². The maximum absolute atomic E-state index is 9.40. The molecule has 2 N–H and O–H groups in total. The van der Waals surface area contributed by atoms with Crippen molar-refractivity contribution in [2.45, 2.75) is 13.0 Å². The highest BCUT2D eigenvalue weighted by Crippen LogP contribution is 2.31. The second-order valence-corrected chi connectivity index (χ2v) is 5.13. The molecule has 0 saturated heterocycles. The number of fused-ring (bicyclic) bond motifs is 3. The number of rotatable bonds is 0. The number of nitrogens with one attached hydrogen (secondary N) is 2. The number of anilines is 1. The molecule has 0 fully saturated rings. The molecule has 0 unspecified atom stereocenters. The zero-order valence-electron chi connectivity index (χ0n) is 10.3. The minimum Gasteiger partial charge on any atom is -0.365 e. The van der Waals surface area contributed by atoms with Crippen molar-refractivity contribution < 1.29 is 0 Å². The molecule has 1 aromatic heterocycles. The summed E-state index contributed by atoms with van der Waals surface area (Å²) >= 11 is 5.39. The molecule has 0 aromatic carbocycles. The van der Waals surface area contributed by atoms with Gasteiger partial charge in [-0.15, -0.1) is 0 Å². The Hall–Kier alpha value is -1.58. The number of hydrogen-bond acceptors (Lipinski definition) is 4. The van der Waals surface area contributed by atoms with Crippen LogP contribution in [0.3, 0.4) is 0 Å². The van der Waals surface area contributed by atoms with Crippen LogP contribution in [0.25, 0.3) is 0 Å². The van der Waals surface area contributed by atoms with E-state index in [1.807, 2.05) is 0 Å². The highest BCUT2D eigenvalue weighted by atomic mass is 32.1. The van der Waals surface area contributed by atoms with Gasteiger partial charge in [0.2, 0.25) is 0 Å². The van der Waals surface area contributed by atoms with E-state index < -0.39 is 0 Å². The van der Waals surface area contributed by atoms with Gasteiger partial charge in [-0.1, -0.05) is 12.2 Å². The van der Waals surface area contributed by atoms with Crippen molar-refractivity contribution in [3.63, 3.8) is 0 Å². The fourth-order valence-corrected chi connectivity index (χ4v) is 2.96. The van der Waals surface area contributed by atoms with E-state index in [0.29, 0.717) is 6.67 Å². The summed E-state index contributed by atoms with van der Waals surface area (Å²) in [5.41, 5.74) is 3.79. The summed E-state index contributed by atoms with van der Waals surface area (Å²) in [5, 5.41) is 15.8. The third-order valence-electron chi connectivity index (χ3n) is 3.65. The fourth-order valence-electron chi connectivity index (χ4n) is 2.68. The highest BCUT2D eigenvalue weighted by Gasteiger charge is 2.28. The third-order valence-corrected chi connectivity index (χ3v) is 3.99. The van der Waals surface area contributed by atoms with Crippen LogP contribution in [0, 0.1) is 11.3 Å². The van der Waals surface area contributed by atoms with Gasteiger partial charge in [-0.3, -0.25) is 0 Å². The Bertz CT molecular complexity index is 554. The van der Waals surface area contributed by atoms with E-state index in [1.165, 1.54) is 0 Å². The lowest BCUT2D eigenvalue weighted by Crippen LogP contribution is -2.35. The van der Waals surface area contributed by atoms with E-state index >= 15 is 0 Å². The molecule has 94 valence electrons. The Morgan fingerprint density at radius 1 is 1.28 bits per heavy atom. The molecule has 3 heterocycles. The van der Waals surface area contributed by atoms with Gasteiger partial charge in [-0.05, 0) is 7.05 Å². The molecule has 1 aromatic rings. The summed E-state index contributed by atoms with van der Waals surface area (Å²) in [7, 11) is 2.11. The van der Waals surface area contributed by atoms with Crippen LogP contribution >= 0.6 is 12.2 Å². The summed E-state index contributed by atoms with van der Waals surface area (Å²) < 4.78 is 2.21. The van der Waals surface area contributed by atoms with Gasteiger partial charge in [0, 0.05) is 31.7 Å². The second-order valence-electron chi connectivity index (χ2n) is 4.72. The van der Waals surface area contributed by atoms with Crippen LogP contribution in [0.4, 0.5) is 5.69 Å². The monoisotopic (exact) mass is 261 g/mol. The molecule has 3 rings (SSSR count). The van der Waals surface area contributed by atoms with E-state index in [0.717, 1.165) is 53.7 Å². The van der Waals surface area contributed by atoms with E-state index in [2.05, 4.69) is 33.2 Å². The molecule has 6 heteroatoms. The maximum Gasteiger partial charge on any atom is 0.126 e. The molecule has 0 spiro atoms. The van der Waals surface area contributed by atoms with E-state index in [4.69, 9.17) is 12.2 Å². The molecule has 2 aliphatic rings. The van der Waals surface area contributed by atoms with Gasteiger partial charge in [-0.2, -0.15) is 5.26 Å². The summed E-state index contributed by atoms with van der Waals surface area (Å²) in [6.07, 6.45) is 0.899. The number of aromatic nitrogens is 1. The van der Waals surface area contributed by atoms with Crippen molar-refractivity contribution in [1.29, 1.82) is 5.26 Å². The van der Waals surface area contributed by atoms with Gasteiger partial charge in [0.1, 0.15) is 16.8 Å². The number of hydrogen-bond donors (Lipinski definition) is 2. The van der Waals surface area contributed by atoms with Crippen LogP contribution < -0.4 is 10.6 Å². The Morgan fingerprint density at radius 3 is 2.89 bits per heavy atom. The van der Waals surface area contributed by atoms with Gasteiger partial charge in [0.05, 0.1) is 17.9 Å². The van der Waals surface area contributed by atoms with Crippen LogP contribution in [0.2, 0.25) is 0 Å². The summed E-state index contributed by atoms with van der Waals surface area (Å²) in [5.74, 6) is 0. The van der Waals surface area contributed by atoms with Crippen molar-refractivity contribution in [1.82, 2.24) is 14.8 Å². The lowest BCUT2D eigenvalue weighted by molar-refractivity contribution is 0.341. The molecule has 0 radical (unpaired) electrons. The zero-order valence-corrected chi connectivity index (χ0v) is 11.1. The molecule has 0 amide bonds. The van der Waals surface area contributed by atoms with Gasteiger partial charge >= 0.3 is 0 Å². The highest BCUT2D eigenvalue weighted by molar-refractivity contribution is 7.80. The average molecular weight is 261 g/mol. The van der Waals surface area contributed by atoms with Crippen molar-refractivity contribution in [2.75, 3.05) is 32.1 Å². The van der Waals surface area contributed by atoms with Gasteiger partial charge in [0.25, 0.3) is 0 Å². The first-order valence-electron chi connectivity index (χ1n) is 6.08. The van der Waals surface area contributed by atoms with Crippen LogP contribution in [-0.4, -0.2) is 41.3 Å². The smallest absolute Gasteiger partial charge is 0.126 e. The van der Waals surface area contributed by atoms with Crippen LogP contribution in [0.5, 0.6) is 0 Å². The Morgan fingerprint density at radius 2 is 2.11 bits per heavy atom. The maximum atomic E-state index is 9.40. The van der Waals surface area contributed by atoms with Gasteiger partial charge in [0.15, 0.2) is 0 Å². The van der Waals surface area contributed by atoms with E-state index in [1.54, 1.807) is 0 Å². The lowest BCUT2D eigenvalue weighted by atomic mass is 10.1. The molecule has 2 aliphatic heterocycles. The predicted molar refractivity (Wildman–Crippen MR) is 73.7 cm³/mol. The number of likely N-dealkylation sites (N-methyl/N-ethyl adjacent to an activating group) is 1. The number of nitrogens with zero attached hydrogens (tertiary/aromatic N) is 3. The first kappa shape index (κ1) is 11.5. The van der Waals surface area contributed by atoms with Crippen LogP contribution in [0.1, 0.15) is 17.0 Å². The summed E-state index contributed by atoms with van der Waals surface area (Å²) in [4.78, 5) is 3.03. The van der Waals surface area contributed by atoms with Crippen molar-refractivity contribution >= 4 is 22.9 Å². The van der Waals surface area contributed by atoms with Crippen molar-refractivity contribution in [2.24, 2.45) is 0 Å². The molecular formula is C12H15N5S. The Labute approximate surface area is 111 Å². The minimum absolute atomic E-state index is 0.601. The largest absolute Gasteiger partial charge is 0.365 e. The lowest BCUT2D eigenvalue weighted by Gasteiger charge is -2.20. The second kappa shape index (κ2) is 4.26. The summed E-state index contributed by atoms with van der Waals surface area (Å²) in [6.45, 7) is 3.46. The number of thiocarbonyl (C=S) groups is 1. The molecule has 0 aliphatic carbocycles. The van der Waals surface area contributed by atoms with E-state index in [9.17, 15) is 5.26 Å². The zero-order chi connectivity index (χ0) is 12.7. The van der Waals surface area contributed by atoms with Crippen molar-refractivity contribution in [3.05, 3.63) is 17.0 Å². The third kappa shape index (κ3) is 1.59. The average Bonchev–Trinajstić information content (AvgIpc) is 2.56. The standard InChI is InChI=1S/C12H15N5S/c1-16-3-2-9-8(6-13)10-11(17(9)5-4-16)12(18)15-7-14-10/h14H,2-5,7H2,1H3,(H,15,18). The molecule has 18 heavy (non-hydrogen) atoms. The summed E-state index contributed by atoms with van der Waals surface area (Å²) in [6, 6.07) is 2.34. The normalized spacial score (nSPS) is 19.0. The number of nitriles is 1.